The number of nitrogens with zero attached hydrogens (tertiary/aromatic N) is 2. The number of nitrogen functional groups attached to an aromatic ring is 1. The molecule has 0 atom stereocenters. The fraction of sp³-hybridized carbons (Fsp3) is 0.154. The van der Waals surface area contributed by atoms with Gasteiger partial charge in [-0.05, 0) is 17.7 Å². The molecular formula is C13H13ClN4O2. The second-order valence-electron chi connectivity index (χ2n) is 3.99. The van der Waals surface area contributed by atoms with Crippen LogP contribution in [0.15, 0.2) is 30.5 Å². The molecule has 20 heavy (non-hydrogen) atoms. The van der Waals surface area contributed by atoms with Crippen molar-refractivity contribution in [3.05, 3.63) is 46.7 Å². The average Bonchev–Trinajstić information content (AvgIpc) is 2.44. The van der Waals surface area contributed by atoms with Gasteiger partial charge in [-0.3, -0.25) is 4.79 Å². The Morgan fingerprint density at radius 3 is 2.85 bits per heavy atom. The zero-order valence-electron chi connectivity index (χ0n) is 10.8. The predicted octanol–water partition coefficient (Wildman–Crippen LogP) is 1.65. The Bertz CT molecular complexity index is 596. The molecule has 0 unspecified atom stereocenters. The number of nitrogens with two attached hydrogens (primary N) is 1. The number of halogens is 1. The number of aromatic nitrogens is 2. The van der Waals surface area contributed by atoms with Gasteiger partial charge in [0.25, 0.3) is 5.91 Å². The van der Waals surface area contributed by atoms with Gasteiger partial charge in [0.15, 0.2) is 0 Å². The molecule has 0 aromatic carbocycles. The molecule has 0 aliphatic heterocycles. The molecule has 0 aliphatic rings. The Hall–Kier alpha value is -2.34. The highest BCUT2D eigenvalue weighted by Crippen LogP contribution is 2.12. The van der Waals surface area contributed by atoms with Gasteiger partial charge in [-0.15, -0.1) is 0 Å². The average molecular weight is 293 g/mol. The number of carbonyl (C=O) groups is 1. The molecule has 0 saturated heterocycles. The highest BCUT2D eigenvalue weighted by atomic mass is 35.5. The van der Waals surface area contributed by atoms with E-state index in [2.05, 4.69) is 15.3 Å². The van der Waals surface area contributed by atoms with Crippen LogP contribution in [0, 0.1) is 0 Å². The zero-order chi connectivity index (χ0) is 14.5. The molecule has 0 spiro atoms. The fourth-order valence-corrected chi connectivity index (χ4v) is 1.78. The minimum atomic E-state index is -0.281. The number of methoxy groups -OCH3 is 1. The van der Waals surface area contributed by atoms with Gasteiger partial charge in [0.05, 0.1) is 7.11 Å². The van der Waals surface area contributed by atoms with Crippen molar-refractivity contribution < 1.29 is 9.53 Å². The lowest BCUT2D eigenvalue weighted by Gasteiger charge is -2.06. The molecule has 0 fully saturated rings. The molecule has 1 amide bonds. The third-order valence-corrected chi connectivity index (χ3v) is 2.73. The van der Waals surface area contributed by atoms with Crippen LogP contribution in [0.4, 0.5) is 5.82 Å². The molecule has 2 aromatic heterocycles. The van der Waals surface area contributed by atoms with Crippen molar-refractivity contribution in [2.45, 2.75) is 6.54 Å². The van der Waals surface area contributed by atoms with Crippen LogP contribution in [-0.4, -0.2) is 23.0 Å². The summed E-state index contributed by atoms with van der Waals surface area (Å²) in [6, 6.07) is 6.47. The lowest BCUT2D eigenvalue weighted by Crippen LogP contribution is -2.23. The van der Waals surface area contributed by atoms with E-state index in [1.165, 1.54) is 12.1 Å². The number of rotatable bonds is 4. The second-order valence-corrected chi connectivity index (χ2v) is 4.38. The summed E-state index contributed by atoms with van der Waals surface area (Å²) >= 11 is 5.75. The molecule has 0 saturated carbocycles. The smallest absolute Gasteiger partial charge is 0.251 e. The third-order valence-electron chi connectivity index (χ3n) is 2.54. The maximum Gasteiger partial charge on any atom is 0.251 e. The van der Waals surface area contributed by atoms with Crippen LogP contribution in [0.3, 0.4) is 0 Å². The van der Waals surface area contributed by atoms with Gasteiger partial charge in [0.1, 0.15) is 11.0 Å². The first-order chi connectivity index (χ1) is 9.58. The fourth-order valence-electron chi connectivity index (χ4n) is 1.57. The van der Waals surface area contributed by atoms with Crippen molar-refractivity contribution in [1.82, 2.24) is 15.3 Å². The first-order valence-corrected chi connectivity index (χ1v) is 6.16. The van der Waals surface area contributed by atoms with Crippen LogP contribution in [0.2, 0.25) is 5.15 Å². The minimum absolute atomic E-state index is 0.182. The molecule has 0 bridgehead atoms. The molecule has 7 heteroatoms. The lowest BCUT2D eigenvalue weighted by atomic mass is 10.2. The summed E-state index contributed by atoms with van der Waals surface area (Å²) < 4.78 is 4.96. The number of hydrogen-bond acceptors (Lipinski definition) is 5. The van der Waals surface area contributed by atoms with Crippen molar-refractivity contribution in [2.75, 3.05) is 12.8 Å². The molecule has 2 heterocycles. The SMILES string of the molecule is COc1ccc(CNC(=O)c2cc(N)nc(Cl)c2)cn1. The molecule has 0 radical (unpaired) electrons. The summed E-state index contributed by atoms with van der Waals surface area (Å²) in [5.41, 5.74) is 6.76. The summed E-state index contributed by atoms with van der Waals surface area (Å²) in [6.45, 7) is 0.343. The van der Waals surface area contributed by atoms with Gasteiger partial charge < -0.3 is 15.8 Å². The number of ether oxygens (including phenoxy) is 1. The lowest BCUT2D eigenvalue weighted by molar-refractivity contribution is 0.0951. The summed E-state index contributed by atoms with van der Waals surface area (Å²) in [7, 11) is 1.54. The largest absolute Gasteiger partial charge is 0.481 e. The first-order valence-electron chi connectivity index (χ1n) is 5.78. The number of anilines is 1. The first kappa shape index (κ1) is 14.1. The molecular weight excluding hydrogens is 280 g/mol. The summed E-state index contributed by atoms with van der Waals surface area (Å²) in [4.78, 5) is 19.8. The van der Waals surface area contributed by atoms with Crippen molar-refractivity contribution >= 4 is 23.3 Å². The Labute approximate surface area is 120 Å². The summed E-state index contributed by atoms with van der Waals surface area (Å²) in [5.74, 6) is 0.444. The summed E-state index contributed by atoms with van der Waals surface area (Å²) in [6.07, 6.45) is 1.63. The van der Waals surface area contributed by atoms with Gasteiger partial charge in [0, 0.05) is 24.4 Å². The third kappa shape index (κ3) is 3.58. The normalized spacial score (nSPS) is 10.1. The molecule has 2 aromatic rings. The monoisotopic (exact) mass is 292 g/mol. The van der Waals surface area contributed by atoms with Gasteiger partial charge in [-0.1, -0.05) is 17.7 Å². The van der Waals surface area contributed by atoms with Gasteiger partial charge in [-0.2, -0.15) is 0 Å². The van der Waals surface area contributed by atoms with Crippen LogP contribution in [0.25, 0.3) is 0 Å². The summed E-state index contributed by atoms with van der Waals surface area (Å²) in [5, 5.41) is 2.93. The van der Waals surface area contributed by atoms with Crippen LogP contribution in [-0.2, 0) is 6.54 Å². The maximum atomic E-state index is 11.9. The van der Waals surface area contributed by atoms with E-state index in [4.69, 9.17) is 22.1 Å². The maximum absolute atomic E-state index is 11.9. The standard InChI is InChI=1S/C13H13ClN4O2/c1-20-12-3-2-8(6-16-12)7-17-13(19)9-4-10(14)18-11(15)5-9/h2-6H,7H2,1H3,(H2,15,18)(H,17,19). The Morgan fingerprint density at radius 1 is 1.45 bits per heavy atom. The van der Waals surface area contributed by atoms with E-state index in [0.29, 0.717) is 18.0 Å². The highest BCUT2D eigenvalue weighted by molar-refractivity contribution is 6.29. The van der Waals surface area contributed by atoms with E-state index in [-0.39, 0.29) is 16.9 Å². The molecule has 0 aliphatic carbocycles. The van der Waals surface area contributed by atoms with E-state index >= 15 is 0 Å². The van der Waals surface area contributed by atoms with E-state index in [9.17, 15) is 4.79 Å². The molecule has 2 rings (SSSR count). The van der Waals surface area contributed by atoms with Crippen LogP contribution >= 0.6 is 11.6 Å². The number of nitrogens with one attached hydrogen (secondary N) is 1. The Balaban J connectivity index is 2.00. The number of hydrogen-bond donors (Lipinski definition) is 2. The second kappa shape index (κ2) is 6.21. The van der Waals surface area contributed by atoms with Crippen molar-refractivity contribution in [3.63, 3.8) is 0 Å². The number of amides is 1. The molecule has 104 valence electrons. The van der Waals surface area contributed by atoms with E-state index in [1.807, 2.05) is 6.07 Å². The Kier molecular flexibility index (Phi) is 4.37. The topological polar surface area (TPSA) is 90.1 Å². The minimum Gasteiger partial charge on any atom is -0.481 e. The molecule has 3 N–H and O–H groups in total. The zero-order valence-corrected chi connectivity index (χ0v) is 11.5. The van der Waals surface area contributed by atoms with Gasteiger partial charge in [-0.25, -0.2) is 9.97 Å². The van der Waals surface area contributed by atoms with Crippen LogP contribution in [0.5, 0.6) is 5.88 Å². The van der Waals surface area contributed by atoms with Crippen LogP contribution < -0.4 is 15.8 Å². The Morgan fingerprint density at radius 2 is 2.25 bits per heavy atom. The number of carbonyl (C=O) groups excluding carboxylic acids is 1. The quantitative estimate of drug-likeness (QED) is 0.836. The van der Waals surface area contributed by atoms with Crippen LogP contribution in [0.1, 0.15) is 15.9 Å². The van der Waals surface area contributed by atoms with Gasteiger partial charge in [0.2, 0.25) is 5.88 Å². The molecule has 6 nitrogen and oxygen atoms in total. The number of pyridine rings is 2. The van der Waals surface area contributed by atoms with Crippen molar-refractivity contribution in [2.24, 2.45) is 0 Å². The van der Waals surface area contributed by atoms with E-state index in [0.717, 1.165) is 5.56 Å². The van der Waals surface area contributed by atoms with Gasteiger partial charge >= 0.3 is 0 Å². The predicted molar refractivity (Wildman–Crippen MR) is 75.6 cm³/mol. The van der Waals surface area contributed by atoms with E-state index < -0.39 is 0 Å². The van der Waals surface area contributed by atoms with E-state index in [1.54, 1.807) is 19.4 Å². The van der Waals surface area contributed by atoms with Crippen molar-refractivity contribution in [3.8, 4) is 5.88 Å². The highest BCUT2D eigenvalue weighted by Gasteiger charge is 2.08. The van der Waals surface area contributed by atoms with Crippen molar-refractivity contribution in [1.29, 1.82) is 0 Å².